The molecule has 1 atom stereocenters. The van der Waals surface area contributed by atoms with Gasteiger partial charge in [-0.2, -0.15) is 0 Å². The fourth-order valence-electron chi connectivity index (χ4n) is 2.17. The normalized spacial score (nSPS) is 11.4. The van der Waals surface area contributed by atoms with Gasteiger partial charge in [0.05, 0.1) is 26.1 Å². The smallest absolute Gasteiger partial charge is 0.339 e. The summed E-state index contributed by atoms with van der Waals surface area (Å²) in [5.74, 6) is -1.71. The summed E-state index contributed by atoms with van der Waals surface area (Å²) in [6.07, 6.45) is -1.29. The van der Waals surface area contributed by atoms with Gasteiger partial charge in [-0.25, -0.2) is 4.79 Å². The minimum absolute atomic E-state index is 0.0188. The molecule has 1 N–H and O–H groups in total. The van der Waals surface area contributed by atoms with Crippen LogP contribution in [0.2, 0.25) is 5.02 Å². The minimum atomic E-state index is -1.29. The van der Waals surface area contributed by atoms with E-state index < -0.39 is 27.8 Å². The number of nitrogens with zero attached hydrogens (tertiary/aromatic N) is 2. The number of anilines is 1. The molecule has 1 amide bonds. The molecular weight excluding hydrogens is 394 g/mol. The zero-order chi connectivity index (χ0) is 21.0. The molecule has 0 saturated heterocycles. The highest BCUT2D eigenvalue weighted by Crippen LogP contribution is 2.27. The zero-order valence-electron chi connectivity index (χ0n) is 14.7. The Labute approximate surface area is 163 Å². The van der Waals surface area contributed by atoms with Gasteiger partial charge in [0.25, 0.3) is 17.3 Å². The van der Waals surface area contributed by atoms with E-state index in [4.69, 9.17) is 16.3 Å². The average molecular weight is 408 g/mol. The van der Waals surface area contributed by atoms with Crippen LogP contribution in [0.3, 0.4) is 0 Å². The standard InChI is InChI=1S/C17H14ClN3O7/c1-9-3-4-11(7-15(9)21(26)27)17(23)28-10(2)16(22)19-14-8-12(20(24)25)5-6-13(14)18/h3-8,10H,1-2H3,(H,19,22). The van der Waals surface area contributed by atoms with Gasteiger partial charge < -0.3 is 10.1 Å². The highest BCUT2D eigenvalue weighted by atomic mass is 35.5. The number of benzene rings is 2. The van der Waals surface area contributed by atoms with E-state index in [1.165, 1.54) is 38.1 Å². The Hall–Kier alpha value is -3.53. The highest BCUT2D eigenvalue weighted by molar-refractivity contribution is 6.33. The van der Waals surface area contributed by atoms with Crippen molar-refractivity contribution >= 4 is 40.5 Å². The number of rotatable bonds is 6. The van der Waals surface area contributed by atoms with Crippen LogP contribution in [-0.2, 0) is 9.53 Å². The fraction of sp³-hybridized carbons (Fsp3) is 0.176. The van der Waals surface area contributed by atoms with Gasteiger partial charge in [0.1, 0.15) is 0 Å². The fourth-order valence-corrected chi connectivity index (χ4v) is 2.34. The SMILES string of the molecule is Cc1ccc(C(=O)OC(C)C(=O)Nc2cc([N+](=O)[O-])ccc2Cl)cc1[N+](=O)[O-]. The van der Waals surface area contributed by atoms with Gasteiger partial charge >= 0.3 is 5.97 Å². The molecule has 0 heterocycles. The summed E-state index contributed by atoms with van der Waals surface area (Å²) in [4.78, 5) is 44.9. The molecule has 0 radical (unpaired) electrons. The third kappa shape index (κ3) is 4.80. The van der Waals surface area contributed by atoms with Crippen LogP contribution in [0.4, 0.5) is 17.1 Å². The lowest BCUT2D eigenvalue weighted by Crippen LogP contribution is -2.30. The topological polar surface area (TPSA) is 142 Å². The molecular formula is C17H14ClN3O7. The van der Waals surface area contributed by atoms with Gasteiger partial charge in [-0.05, 0) is 26.0 Å². The molecule has 11 heteroatoms. The van der Waals surface area contributed by atoms with E-state index in [1.54, 1.807) is 0 Å². The molecule has 2 aromatic rings. The summed E-state index contributed by atoms with van der Waals surface area (Å²) in [6.45, 7) is 2.80. The number of non-ortho nitro benzene ring substituents is 1. The number of halogens is 1. The number of nitro benzene ring substituents is 2. The Morgan fingerprint density at radius 2 is 1.79 bits per heavy atom. The number of carbonyl (C=O) groups is 2. The summed E-state index contributed by atoms with van der Waals surface area (Å²) in [6, 6.07) is 7.27. The zero-order valence-corrected chi connectivity index (χ0v) is 15.4. The summed E-state index contributed by atoms with van der Waals surface area (Å²) in [5.41, 5.74) is -0.279. The maximum Gasteiger partial charge on any atom is 0.339 e. The quantitative estimate of drug-likeness (QED) is 0.437. The van der Waals surface area contributed by atoms with Crippen LogP contribution in [0.25, 0.3) is 0 Å². The first-order valence-electron chi connectivity index (χ1n) is 7.81. The molecule has 10 nitrogen and oxygen atoms in total. The molecule has 0 fully saturated rings. The molecule has 1 unspecified atom stereocenters. The van der Waals surface area contributed by atoms with Crippen LogP contribution < -0.4 is 5.32 Å². The van der Waals surface area contributed by atoms with Crippen molar-refractivity contribution < 1.29 is 24.2 Å². The van der Waals surface area contributed by atoms with E-state index in [9.17, 15) is 29.8 Å². The van der Waals surface area contributed by atoms with Crippen molar-refractivity contribution in [3.63, 3.8) is 0 Å². The first-order valence-corrected chi connectivity index (χ1v) is 8.18. The van der Waals surface area contributed by atoms with Crippen molar-refractivity contribution in [3.05, 3.63) is 72.8 Å². The Balaban J connectivity index is 2.11. The van der Waals surface area contributed by atoms with Gasteiger partial charge in [-0.15, -0.1) is 0 Å². The van der Waals surface area contributed by atoms with Gasteiger partial charge in [-0.1, -0.05) is 17.7 Å². The van der Waals surface area contributed by atoms with E-state index in [0.717, 1.165) is 12.1 Å². The molecule has 2 aromatic carbocycles. The molecule has 2 rings (SSSR count). The number of hydrogen-bond donors (Lipinski definition) is 1. The van der Waals surface area contributed by atoms with Crippen molar-refractivity contribution in [2.24, 2.45) is 0 Å². The Bertz CT molecular complexity index is 977. The summed E-state index contributed by atoms with van der Waals surface area (Å²) in [5, 5.41) is 24.2. The number of hydrogen-bond acceptors (Lipinski definition) is 7. The lowest BCUT2D eigenvalue weighted by Gasteiger charge is -2.14. The Morgan fingerprint density at radius 3 is 2.39 bits per heavy atom. The van der Waals surface area contributed by atoms with Crippen molar-refractivity contribution in [1.29, 1.82) is 0 Å². The highest BCUT2D eigenvalue weighted by Gasteiger charge is 2.22. The van der Waals surface area contributed by atoms with Crippen LogP contribution in [0.1, 0.15) is 22.8 Å². The van der Waals surface area contributed by atoms with Crippen molar-refractivity contribution in [2.75, 3.05) is 5.32 Å². The molecule has 0 aliphatic heterocycles. The number of aryl methyl sites for hydroxylation is 1. The second-order valence-corrected chi connectivity index (χ2v) is 6.12. The minimum Gasteiger partial charge on any atom is -0.449 e. The van der Waals surface area contributed by atoms with Crippen molar-refractivity contribution in [2.45, 2.75) is 20.0 Å². The third-order valence-electron chi connectivity index (χ3n) is 3.71. The lowest BCUT2D eigenvalue weighted by atomic mass is 10.1. The van der Waals surface area contributed by atoms with E-state index >= 15 is 0 Å². The van der Waals surface area contributed by atoms with E-state index in [2.05, 4.69) is 5.32 Å². The van der Waals surface area contributed by atoms with Crippen LogP contribution in [0.5, 0.6) is 0 Å². The summed E-state index contributed by atoms with van der Waals surface area (Å²) >= 11 is 5.90. The maximum absolute atomic E-state index is 12.2. The van der Waals surface area contributed by atoms with Crippen LogP contribution in [0.15, 0.2) is 36.4 Å². The summed E-state index contributed by atoms with van der Waals surface area (Å²) < 4.78 is 5.01. The third-order valence-corrected chi connectivity index (χ3v) is 4.04. The van der Waals surface area contributed by atoms with Crippen molar-refractivity contribution in [1.82, 2.24) is 0 Å². The largest absolute Gasteiger partial charge is 0.449 e. The van der Waals surface area contributed by atoms with E-state index in [1.807, 2.05) is 0 Å². The molecule has 0 aliphatic carbocycles. The van der Waals surface area contributed by atoms with E-state index in [-0.39, 0.29) is 27.6 Å². The predicted molar refractivity (Wildman–Crippen MR) is 99.4 cm³/mol. The van der Waals surface area contributed by atoms with Crippen molar-refractivity contribution in [3.8, 4) is 0 Å². The number of carbonyl (C=O) groups excluding carboxylic acids is 2. The molecule has 0 aromatic heterocycles. The monoisotopic (exact) mass is 407 g/mol. The molecule has 0 saturated carbocycles. The predicted octanol–water partition coefficient (Wildman–Crippen LogP) is 3.65. The molecule has 28 heavy (non-hydrogen) atoms. The van der Waals surface area contributed by atoms with Crippen LogP contribution >= 0.6 is 11.6 Å². The maximum atomic E-state index is 12.2. The number of nitrogens with one attached hydrogen (secondary N) is 1. The molecule has 0 bridgehead atoms. The second kappa shape index (κ2) is 8.44. The average Bonchev–Trinajstić information content (AvgIpc) is 2.63. The molecule has 0 spiro atoms. The molecule has 146 valence electrons. The Kier molecular flexibility index (Phi) is 6.26. The number of esters is 1. The molecule has 0 aliphatic rings. The number of amides is 1. The van der Waals surface area contributed by atoms with Gasteiger partial charge in [0, 0.05) is 23.8 Å². The van der Waals surface area contributed by atoms with Gasteiger partial charge in [0.15, 0.2) is 6.10 Å². The first kappa shape index (κ1) is 20.8. The Morgan fingerprint density at radius 1 is 1.11 bits per heavy atom. The van der Waals surface area contributed by atoms with Gasteiger partial charge in [-0.3, -0.25) is 25.0 Å². The number of ether oxygens (including phenoxy) is 1. The lowest BCUT2D eigenvalue weighted by molar-refractivity contribution is -0.385. The number of nitro groups is 2. The second-order valence-electron chi connectivity index (χ2n) is 5.72. The summed E-state index contributed by atoms with van der Waals surface area (Å²) in [7, 11) is 0. The van der Waals surface area contributed by atoms with Crippen LogP contribution in [-0.4, -0.2) is 27.8 Å². The van der Waals surface area contributed by atoms with Crippen LogP contribution in [0, 0.1) is 27.2 Å². The van der Waals surface area contributed by atoms with E-state index in [0.29, 0.717) is 5.56 Å². The van der Waals surface area contributed by atoms with Gasteiger partial charge in [0.2, 0.25) is 0 Å². The first-order chi connectivity index (χ1) is 13.1.